The summed E-state index contributed by atoms with van der Waals surface area (Å²) in [6.45, 7) is 3.01. The minimum atomic E-state index is 0.561. The highest BCUT2D eigenvalue weighted by molar-refractivity contribution is 8.14. The van der Waals surface area contributed by atoms with Gasteiger partial charge >= 0.3 is 0 Å². The molecular weight excluding hydrogens is 208 g/mol. The second-order valence-corrected chi connectivity index (χ2v) is 4.75. The zero-order valence-electron chi connectivity index (χ0n) is 9.10. The van der Waals surface area contributed by atoms with E-state index in [4.69, 9.17) is 0 Å². The molecular formula is C10H16N4S. The minimum Gasteiger partial charge on any atom is -0.362 e. The van der Waals surface area contributed by atoms with Crippen LogP contribution in [0.15, 0.2) is 17.3 Å². The maximum atomic E-state index is 4.52. The molecule has 0 aromatic carbocycles. The molecule has 1 unspecified atom stereocenters. The number of aromatic nitrogens is 2. The summed E-state index contributed by atoms with van der Waals surface area (Å²) < 4.78 is 1.90. The van der Waals surface area contributed by atoms with Crippen LogP contribution in [0, 0.1) is 0 Å². The SMILES string of the molecule is CC1CSC(=NCCc2ccnn2C)N1. The number of aryl methyl sites for hydroxylation is 1. The number of nitrogens with zero attached hydrogens (tertiary/aromatic N) is 3. The Morgan fingerprint density at radius 2 is 2.60 bits per heavy atom. The maximum Gasteiger partial charge on any atom is 0.156 e. The lowest BCUT2D eigenvalue weighted by molar-refractivity contribution is 0.705. The Morgan fingerprint density at radius 3 is 3.20 bits per heavy atom. The van der Waals surface area contributed by atoms with Gasteiger partial charge in [-0.3, -0.25) is 9.67 Å². The van der Waals surface area contributed by atoms with E-state index in [2.05, 4.69) is 22.3 Å². The summed E-state index contributed by atoms with van der Waals surface area (Å²) in [6.07, 6.45) is 2.78. The van der Waals surface area contributed by atoms with Gasteiger partial charge in [-0.15, -0.1) is 0 Å². The summed E-state index contributed by atoms with van der Waals surface area (Å²) in [6, 6.07) is 2.60. The van der Waals surface area contributed by atoms with E-state index in [1.165, 1.54) is 5.69 Å². The van der Waals surface area contributed by atoms with Gasteiger partial charge in [0, 0.05) is 43.7 Å². The highest BCUT2D eigenvalue weighted by atomic mass is 32.2. The lowest BCUT2D eigenvalue weighted by Crippen LogP contribution is -2.23. The standard InChI is InChI=1S/C10H16N4S/c1-8-7-15-10(13-8)11-5-3-9-4-6-12-14(9)2/h4,6,8H,3,5,7H2,1-2H3,(H,11,13). The largest absolute Gasteiger partial charge is 0.362 e. The zero-order chi connectivity index (χ0) is 10.7. The molecule has 1 atom stereocenters. The van der Waals surface area contributed by atoms with Crippen LogP contribution in [-0.4, -0.2) is 33.3 Å². The fourth-order valence-electron chi connectivity index (χ4n) is 1.51. The van der Waals surface area contributed by atoms with Gasteiger partial charge in [0.2, 0.25) is 0 Å². The summed E-state index contributed by atoms with van der Waals surface area (Å²) in [7, 11) is 1.97. The monoisotopic (exact) mass is 224 g/mol. The number of thioether (sulfide) groups is 1. The van der Waals surface area contributed by atoms with Crippen LogP contribution in [0.5, 0.6) is 0 Å². The van der Waals surface area contributed by atoms with Gasteiger partial charge in [0.15, 0.2) is 5.17 Å². The molecule has 1 saturated heterocycles. The lowest BCUT2D eigenvalue weighted by atomic mass is 10.3. The predicted molar refractivity (Wildman–Crippen MR) is 64.3 cm³/mol. The van der Waals surface area contributed by atoms with Gasteiger partial charge in [0.25, 0.3) is 0 Å². The van der Waals surface area contributed by atoms with Crippen LogP contribution >= 0.6 is 11.8 Å². The molecule has 0 saturated carbocycles. The normalized spacial score (nSPS) is 23.3. The fourth-order valence-corrected chi connectivity index (χ4v) is 2.47. The molecule has 1 aromatic heterocycles. The predicted octanol–water partition coefficient (Wildman–Crippen LogP) is 1.04. The van der Waals surface area contributed by atoms with Crippen LogP contribution in [0.1, 0.15) is 12.6 Å². The number of aliphatic imine (C=N–C) groups is 1. The topological polar surface area (TPSA) is 42.2 Å². The average molecular weight is 224 g/mol. The molecule has 1 fully saturated rings. The van der Waals surface area contributed by atoms with Crippen LogP contribution in [-0.2, 0) is 13.5 Å². The van der Waals surface area contributed by atoms with E-state index in [-0.39, 0.29) is 0 Å². The Balaban J connectivity index is 1.82. The first-order valence-electron chi connectivity index (χ1n) is 5.16. The Bertz CT molecular complexity index is 358. The van der Waals surface area contributed by atoms with Crippen LogP contribution in [0.3, 0.4) is 0 Å². The summed E-state index contributed by atoms with van der Waals surface area (Å²) in [5.41, 5.74) is 1.23. The third-order valence-corrected chi connectivity index (χ3v) is 3.57. The molecule has 1 aliphatic heterocycles. The Morgan fingerprint density at radius 1 is 1.73 bits per heavy atom. The summed E-state index contributed by atoms with van der Waals surface area (Å²) in [4.78, 5) is 4.52. The molecule has 1 aliphatic rings. The van der Waals surface area contributed by atoms with Crippen molar-refractivity contribution in [1.29, 1.82) is 0 Å². The van der Waals surface area contributed by atoms with Gasteiger partial charge < -0.3 is 5.32 Å². The van der Waals surface area contributed by atoms with Crippen molar-refractivity contribution in [3.05, 3.63) is 18.0 Å². The van der Waals surface area contributed by atoms with Crippen molar-refractivity contribution in [3.8, 4) is 0 Å². The van der Waals surface area contributed by atoms with Gasteiger partial charge in [-0.05, 0) is 13.0 Å². The summed E-state index contributed by atoms with van der Waals surface area (Å²) in [5.74, 6) is 1.13. The highest BCUT2D eigenvalue weighted by Crippen LogP contribution is 2.12. The van der Waals surface area contributed by atoms with E-state index >= 15 is 0 Å². The van der Waals surface area contributed by atoms with Crippen molar-refractivity contribution in [2.45, 2.75) is 19.4 Å². The van der Waals surface area contributed by atoms with E-state index in [0.717, 1.165) is 23.9 Å². The molecule has 0 spiro atoms. The van der Waals surface area contributed by atoms with E-state index < -0.39 is 0 Å². The molecule has 0 bridgehead atoms. The van der Waals surface area contributed by atoms with Crippen LogP contribution in [0.2, 0.25) is 0 Å². The molecule has 2 rings (SSSR count). The Hall–Kier alpha value is -0.970. The smallest absolute Gasteiger partial charge is 0.156 e. The second-order valence-electron chi connectivity index (χ2n) is 3.74. The third kappa shape index (κ3) is 2.75. The molecule has 0 radical (unpaired) electrons. The molecule has 5 heteroatoms. The second kappa shape index (κ2) is 4.70. The molecule has 2 heterocycles. The number of amidine groups is 1. The van der Waals surface area contributed by atoms with Gasteiger partial charge in [-0.25, -0.2) is 0 Å². The van der Waals surface area contributed by atoms with Crippen LogP contribution in [0.4, 0.5) is 0 Å². The first-order chi connectivity index (χ1) is 7.25. The zero-order valence-corrected chi connectivity index (χ0v) is 9.92. The third-order valence-electron chi connectivity index (χ3n) is 2.39. The van der Waals surface area contributed by atoms with E-state index in [0.29, 0.717) is 6.04 Å². The first kappa shape index (κ1) is 10.5. The van der Waals surface area contributed by atoms with Gasteiger partial charge in [0.05, 0.1) is 0 Å². The Kier molecular flexibility index (Phi) is 3.30. The van der Waals surface area contributed by atoms with Gasteiger partial charge in [-0.1, -0.05) is 11.8 Å². The molecule has 1 N–H and O–H groups in total. The number of hydrogen-bond acceptors (Lipinski definition) is 3. The number of nitrogens with one attached hydrogen (secondary N) is 1. The van der Waals surface area contributed by atoms with Crippen molar-refractivity contribution >= 4 is 16.9 Å². The summed E-state index contributed by atoms with van der Waals surface area (Å²) in [5, 5.41) is 8.55. The van der Waals surface area contributed by atoms with Crippen LogP contribution in [0.25, 0.3) is 0 Å². The maximum absolute atomic E-state index is 4.52. The van der Waals surface area contributed by atoms with E-state index in [1.54, 1.807) is 0 Å². The van der Waals surface area contributed by atoms with Gasteiger partial charge in [-0.2, -0.15) is 5.10 Å². The quantitative estimate of drug-likeness (QED) is 0.834. The molecule has 4 nitrogen and oxygen atoms in total. The van der Waals surface area contributed by atoms with Crippen LogP contribution < -0.4 is 5.32 Å². The molecule has 0 aliphatic carbocycles. The van der Waals surface area contributed by atoms with Gasteiger partial charge in [0.1, 0.15) is 0 Å². The number of rotatable bonds is 3. The van der Waals surface area contributed by atoms with E-state index in [9.17, 15) is 0 Å². The fraction of sp³-hybridized carbons (Fsp3) is 0.600. The average Bonchev–Trinajstić information content (AvgIpc) is 2.77. The van der Waals surface area contributed by atoms with Crippen molar-refractivity contribution in [1.82, 2.24) is 15.1 Å². The molecule has 82 valence electrons. The van der Waals surface area contributed by atoms with E-state index in [1.807, 2.05) is 35.8 Å². The number of hydrogen-bond donors (Lipinski definition) is 1. The lowest BCUT2D eigenvalue weighted by Gasteiger charge is -2.01. The van der Waals surface area contributed by atoms with Crippen molar-refractivity contribution in [2.75, 3.05) is 12.3 Å². The first-order valence-corrected chi connectivity index (χ1v) is 6.15. The molecule has 1 aromatic rings. The summed E-state index contributed by atoms with van der Waals surface area (Å²) >= 11 is 1.81. The van der Waals surface area contributed by atoms with Crippen molar-refractivity contribution < 1.29 is 0 Å². The highest BCUT2D eigenvalue weighted by Gasteiger charge is 2.14. The minimum absolute atomic E-state index is 0.561. The Labute approximate surface area is 94.2 Å². The van der Waals surface area contributed by atoms with Crippen molar-refractivity contribution in [2.24, 2.45) is 12.0 Å². The van der Waals surface area contributed by atoms with Crippen molar-refractivity contribution in [3.63, 3.8) is 0 Å². The molecule has 15 heavy (non-hydrogen) atoms. The molecule has 0 amide bonds.